The van der Waals surface area contributed by atoms with Crippen molar-refractivity contribution in [2.45, 2.75) is 32.2 Å². The van der Waals surface area contributed by atoms with E-state index >= 15 is 0 Å². The molecule has 1 aromatic carbocycles. The lowest BCUT2D eigenvalue weighted by Crippen LogP contribution is -2.40. The van der Waals surface area contributed by atoms with Crippen LogP contribution in [-0.2, 0) is 17.6 Å². The number of carbonyl (C=O) groups is 2. The molecular formula is C17H18N2O3. The number of pyridine rings is 1. The molecule has 1 aromatic heterocycles. The summed E-state index contributed by atoms with van der Waals surface area (Å²) in [6, 6.07) is 6.69. The van der Waals surface area contributed by atoms with Crippen LogP contribution in [0.15, 0.2) is 24.3 Å². The van der Waals surface area contributed by atoms with Gasteiger partial charge in [-0.15, -0.1) is 0 Å². The highest BCUT2D eigenvalue weighted by atomic mass is 16.4. The number of benzene rings is 1. The number of aryl methyl sites for hydroxylation is 1. The molecule has 0 aliphatic heterocycles. The molecule has 22 heavy (non-hydrogen) atoms. The van der Waals surface area contributed by atoms with E-state index < -0.39 is 12.0 Å². The highest BCUT2D eigenvalue weighted by molar-refractivity contribution is 6.08. The van der Waals surface area contributed by atoms with Gasteiger partial charge in [-0.1, -0.05) is 18.2 Å². The number of carboxylic acids is 1. The van der Waals surface area contributed by atoms with E-state index in [0.717, 1.165) is 41.4 Å². The maximum atomic E-state index is 12.9. The van der Waals surface area contributed by atoms with Crippen LogP contribution in [0.1, 0.15) is 35.0 Å². The smallest absolute Gasteiger partial charge is 0.326 e. The van der Waals surface area contributed by atoms with E-state index in [1.807, 2.05) is 24.3 Å². The summed E-state index contributed by atoms with van der Waals surface area (Å²) in [6.45, 7) is 1.52. The molecule has 1 aliphatic rings. The Morgan fingerprint density at radius 3 is 2.73 bits per heavy atom. The van der Waals surface area contributed by atoms with E-state index in [4.69, 9.17) is 5.11 Å². The van der Waals surface area contributed by atoms with E-state index in [-0.39, 0.29) is 5.91 Å². The Bertz CT molecular complexity index is 770. The zero-order valence-electron chi connectivity index (χ0n) is 12.7. The predicted octanol–water partition coefficient (Wildman–Crippen LogP) is 2.27. The number of para-hydroxylation sites is 1. The molecule has 1 unspecified atom stereocenters. The topological polar surface area (TPSA) is 70.5 Å². The van der Waals surface area contributed by atoms with Crippen molar-refractivity contribution in [3.05, 3.63) is 41.1 Å². The molecule has 5 heteroatoms. The Balaban J connectivity index is 2.17. The highest BCUT2D eigenvalue weighted by Crippen LogP contribution is 2.30. The first kappa shape index (κ1) is 14.5. The van der Waals surface area contributed by atoms with Crippen molar-refractivity contribution in [1.29, 1.82) is 0 Å². The quantitative estimate of drug-likeness (QED) is 0.943. The number of hydrogen-bond acceptors (Lipinski definition) is 3. The number of amides is 1. The maximum Gasteiger partial charge on any atom is 0.326 e. The van der Waals surface area contributed by atoms with Crippen LogP contribution < -0.4 is 0 Å². The minimum atomic E-state index is -1.01. The van der Waals surface area contributed by atoms with Crippen LogP contribution in [0, 0.1) is 0 Å². The van der Waals surface area contributed by atoms with Crippen molar-refractivity contribution in [2.24, 2.45) is 0 Å². The third-order valence-corrected chi connectivity index (χ3v) is 4.39. The lowest BCUT2D eigenvalue weighted by atomic mass is 9.99. The Hall–Kier alpha value is -2.43. The number of aliphatic carboxylic acids is 1. The van der Waals surface area contributed by atoms with Crippen LogP contribution in [-0.4, -0.2) is 40.0 Å². The molecule has 0 fully saturated rings. The molecular weight excluding hydrogens is 280 g/mol. The zero-order valence-corrected chi connectivity index (χ0v) is 12.7. The molecule has 0 saturated heterocycles. The van der Waals surface area contributed by atoms with Crippen molar-refractivity contribution in [1.82, 2.24) is 9.88 Å². The van der Waals surface area contributed by atoms with Gasteiger partial charge in [-0.2, -0.15) is 0 Å². The summed E-state index contributed by atoms with van der Waals surface area (Å²) in [7, 11) is 1.54. The molecule has 114 valence electrons. The van der Waals surface area contributed by atoms with Gasteiger partial charge in [0.1, 0.15) is 6.04 Å². The molecule has 3 rings (SSSR count). The van der Waals surface area contributed by atoms with Crippen LogP contribution >= 0.6 is 0 Å². The Morgan fingerprint density at radius 1 is 1.27 bits per heavy atom. The van der Waals surface area contributed by atoms with Gasteiger partial charge in [-0.05, 0) is 37.8 Å². The SMILES string of the molecule is CC(C(=O)O)N(C)C(=O)c1c2c(nc3ccccc13)CCC2. The van der Waals surface area contributed by atoms with Crippen molar-refractivity contribution in [2.75, 3.05) is 7.05 Å². The minimum Gasteiger partial charge on any atom is -0.480 e. The van der Waals surface area contributed by atoms with Gasteiger partial charge in [0.15, 0.2) is 0 Å². The number of carbonyl (C=O) groups excluding carboxylic acids is 1. The lowest BCUT2D eigenvalue weighted by molar-refractivity contribution is -0.141. The molecule has 2 aromatic rings. The van der Waals surface area contributed by atoms with Gasteiger partial charge in [0, 0.05) is 18.1 Å². The van der Waals surface area contributed by atoms with Gasteiger partial charge < -0.3 is 10.0 Å². The van der Waals surface area contributed by atoms with E-state index in [2.05, 4.69) is 4.98 Å². The number of rotatable bonds is 3. The van der Waals surface area contributed by atoms with E-state index in [1.54, 1.807) is 0 Å². The summed E-state index contributed by atoms with van der Waals surface area (Å²) in [5, 5.41) is 9.95. The molecule has 0 radical (unpaired) electrons. The van der Waals surface area contributed by atoms with Crippen molar-refractivity contribution >= 4 is 22.8 Å². The molecule has 5 nitrogen and oxygen atoms in total. The summed E-state index contributed by atoms with van der Waals surface area (Å²) in [4.78, 5) is 30.0. The zero-order chi connectivity index (χ0) is 15.9. The fourth-order valence-electron chi connectivity index (χ4n) is 2.97. The fraction of sp³-hybridized carbons (Fsp3) is 0.353. The van der Waals surface area contributed by atoms with E-state index in [0.29, 0.717) is 5.56 Å². The van der Waals surface area contributed by atoms with Gasteiger partial charge in [-0.3, -0.25) is 9.78 Å². The maximum absolute atomic E-state index is 12.9. The number of aromatic nitrogens is 1. The Morgan fingerprint density at radius 2 is 2.00 bits per heavy atom. The fourth-order valence-corrected chi connectivity index (χ4v) is 2.97. The number of fused-ring (bicyclic) bond motifs is 2. The normalized spacial score (nSPS) is 14.6. The average molecular weight is 298 g/mol. The number of nitrogens with zero attached hydrogens (tertiary/aromatic N) is 2. The number of hydrogen-bond donors (Lipinski definition) is 1. The van der Waals surface area contributed by atoms with E-state index in [9.17, 15) is 9.59 Å². The third kappa shape index (κ3) is 2.22. The number of carboxylic acid groups (broad SMARTS) is 1. The summed E-state index contributed by atoms with van der Waals surface area (Å²) < 4.78 is 0. The molecule has 0 saturated carbocycles. The van der Waals surface area contributed by atoms with Crippen molar-refractivity contribution < 1.29 is 14.7 Å². The van der Waals surface area contributed by atoms with Crippen LogP contribution in [0.5, 0.6) is 0 Å². The minimum absolute atomic E-state index is 0.244. The van der Waals surface area contributed by atoms with Gasteiger partial charge >= 0.3 is 5.97 Å². The molecule has 1 heterocycles. The Labute approximate surface area is 128 Å². The molecule has 0 bridgehead atoms. The van der Waals surface area contributed by atoms with Crippen LogP contribution in [0.3, 0.4) is 0 Å². The second-order valence-corrected chi connectivity index (χ2v) is 5.71. The monoisotopic (exact) mass is 298 g/mol. The first-order chi connectivity index (χ1) is 10.5. The van der Waals surface area contributed by atoms with Gasteiger partial charge in [0.25, 0.3) is 5.91 Å². The predicted molar refractivity (Wildman–Crippen MR) is 83.0 cm³/mol. The van der Waals surface area contributed by atoms with E-state index in [1.165, 1.54) is 18.9 Å². The molecule has 1 N–H and O–H groups in total. The van der Waals surface area contributed by atoms with Crippen LogP contribution in [0.4, 0.5) is 0 Å². The number of likely N-dealkylation sites (N-methyl/N-ethyl adjacent to an activating group) is 1. The second kappa shape index (κ2) is 5.40. The highest BCUT2D eigenvalue weighted by Gasteiger charge is 2.29. The summed E-state index contributed by atoms with van der Waals surface area (Å²) in [5.74, 6) is -1.25. The summed E-state index contributed by atoms with van der Waals surface area (Å²) >= 11 is 0. The first-order valence-electron chi connectivity index (χ1n) is 7.41. The summed E-state index contributed by atoms with van der Waals surface area (Å²) in [5.41, 5.74) is 3.36. The lowest BCUT2D eigenvalue weighted by Gasteiger charge is -2.23. The Kier molecular flexibility index (Phi) is 3.56. The first-order valence-corrected chi connectivity index (χ1v) is 7.41. The van der Waals surface area contributed by atoms with Gasteiger partial charge in [0.2, 0.25) is 0 Å². The molecule has 1 aliphatic carbocycles. The van der Waals surface area contributed by atoms with Crippen molar-refractivity contribution in [3.8, 4) is 0 Å². The second-order valence-electron chi connectivity index (χ2n) is 5.71. The van der Waals surface area contributed by atoms with Gasteiger partial charge in [0.05, 0.1) is 11.1 Å². The van der Waals surface area contributed by atoms with Crippen molar-refractivity contribution in [3.63, 3.8) is 0 Å². The molecule has 0 spiro atoms. The van der Waals surface area contributed by atoms with Gasteiger partial charge in [-0.25, -0.2) is 4.79 Å². The third-order valence-electron chi connectivity index (χ3n) is 4.39. The largest absolute Gasteiger partial charge is 0.480 e. The molecule has 1 atom stereocenters. The standard InChI is InChI=1S/C17H18N2O3/c1-10(17(21)22)19(2)16(20)15-11-6-3-4-8-13(11)18-14-9-5-7-12(14)15/h3-4,6,8,10H,5,7,9H2,1-2H3,(H,21,22). The van der Waals surface area contributed by atoms with Crippen LogP contribution in [0.2, 0.25) is 0 Å². The summed E-state index contributed by atoms with van der Waals surface area (Å²) in [6.07, 6.45) is 2.68. The molecule has 1 amide bonds. The van der Waals surface area contributed by atoms with Crippen LogP contribution in [0.25, 0.3) is 10.9 Å². The average Bonchev–Trinajstić information content (AvgIpc) is 2.98.